The number of halogens is 4. The summed E-state index contributed by atoms with van der Waals surface area (Å²) in [5.41, 5.74) is -0.688. The maximum atomic E-state index is 12.8. The van der Waals surface area contributed by atoms with Crippen LogP contribution in [0.2, 0.25) is 0 Å². The third kappa shape index (κ3) is 2.94. The number of aromatic nitrogens is 1. The van der Waals surface area contributed by atoms with Gasteiger partial charge in [-0.25, -0.2) is 9.37 Å². The maximum Gasteiger partial charge on any atom is 0.433 e. The van der Waals surface area contributed by atoms with E-state index in [4.69, 9.17) is 5.26 Å². The number of rotatable bonds is 2. The molecule has 20 heavy (non-hydrogen) atoms. The van der Waals surface area contributed by atoms with Crippen molar-refractivity contribution in [2.75, 3.05) is 0 Å². The predicted molar refractivity (Wildman–Crippen MR) is 63.1 cm³/mol. The molecular formula is C14H8F4N2. The van der Waals surface area contributed by atoms with Crippen LogP contribution in [-0.2, 0) is 6.18 Å². The number of benzene rings is 1. The SMILES string of the molecule is N#C[C@@H](c1ccc(F)cc1)c1cccc(C(F)(F)F)n1. The molecule has 0 aliphatic carbocycles. The molecule has 0 amide bonds. The minimum absolute atomic E-state index is 0.0195. The number of hydrogen-bond donors (Lipinski definition) is 0. The van der Waals surface area contributed by atoms with E-state index in [0.29, 0.717) is 5.56 Å². The highest BCUT2D eigenvalue weighted by Crippen LogP contribution is 2.30. The van der Waals surface area contributed by atoms with Gasteiger partial charge in [-0.2, -0.15) is 18.4 Å². The highest BCUT2D eigenvalue weighted by molar-refractivity contribution is 5.35. The average Bonchev–Trinajstić information content (AvgIpc) is 2.41. The van der Waals surface area contributed by atoms with Gasteiger partial charge in [0.2, 0.25) is 0 Å². The van der Waals surface area contributed by atoms with E-state index in [9.17, 15) is 17.6 Å². The Kier molecular flexibility index (Phi) is 3.70. The Balaban J connectivity index is 2.43. The van der Waals surface area contributed by atoms with Crippen LogP contribution in [-0.4, -0.2) is 4.98 Å². The van der Waals surface area contributed by atoms with E-state index in [-0.39, 0.29) is 5.69 Å². The van der Waals surface area contributed by atoms with Gasteiger partial charge in [0, 0.05) is 0 Å². The minimum Gasteiger partial charge on any atom is -0.247 e. The Hall–Kier alpha value is -2.42. The van der Waals surface area contributed by atoms with Crippen LogP contribution in [0.3, 0.4) is 0 Å². The zero-order valence-electron chi connectivity index (χ0n) is 10.0. The van der Waals surface area contributed by atoms with Crippen molar-refractivity contribution in [3.63, 3.8) is 0 Å². The summed E-state index contributed by atoms with van der Waals surface area (Å²) in [6.07, 6.45) is -4.57. The van der Waals surface area contributed by atoms with Crippen LogP contribution in [0.25, 0.3) is 0 Å². The zero-order chi connectivity index (χ0) is 14.8. The first kappa shape index (κ1) is 14.0. The summed E-state index contributed by atoms with van der Waals surface area (Å²) in [6, 6.07) is 10.2. The largest absolute Gasteiger partial charge is 0.433 e. The average molecular weight is 280 g/mol. The lowest BCUT2D eigenvalue weighted by atomic mass is 9.96. The molecule has 0 spiro atoms. The lowest BCUT2D eigenvalue weighted by Gasteiger charge is -2.12. The van der Waals surface area contributed by atoms with E-state index in [1.807, 2.05) is 6.07 Å². The molecule has 0 bridgehead atoms. The second-order valence-electron chi connectivity index (χ2n) is 4.06. The van der Waals surface area contributed by atoms with E-state index < -0.39 is 23.6 Å². The van der Waals surface area contributed by atoms with Crippen molar-refractivity contribution in [1.29, 1.82) is 5.26 Å². The van der Waals surface area contributed by atoms with Gasteiger partial charge in [-0.1, -0.05) is 18.2 Å². The zero-order valence-corrected chi connectivity index (χ0v) is 10.0. The number of nitriles is 1. The van der Waals surface area contributed by atoms with Crippen molar-refractivity contribution in [2.24, 2.45) is 0 Å². The minimum atomic E-state index is -4.57. The first-order chi connectivity index (χ1) is 9.41. The molecule has 0 aliphatic rings. The Morgan fingerprint density at radius 1 is 1.05 bits per heavy atom. The van der Waals surface area contributed by atoms with Crippen LogP contribution in [0, 0.1) is 17.1 Å². The molecule has 2 nitrogen and oxygen atoms in total. The molecule has 0 aliphatic heterocycles. The van der Waals surface area contributed by atoms with Crippen molar-refractivity contribution < 1.29 is 17.6 Å². The fourth-order valence-electron chi connectivity index (χ4n) is 1.74. The molecule has 1 aromatic carbocycles. The monoisotopic (exact) mass is 280 g/mol. The lowest BCUT2D eigenvalue weighted by molar-refractivity contribution is -0.141. The Morgan fingerprint density at radius 2 is 1.70 bits per heavy atom. The summed E-state index contributed by atoms with van der Waals surface area (Å²) in [6.45, 7) is 0. The van der Waals surface area contributed by atoms with Crippen LogP contribution >= 0.6 is 0 Å². The molecule has 102 valence electrons. The molecule has 0 saturated heterocycles. The van der Waals surface area contributed by atoms with Gasteiger partial charge >= 0.3 is 6.18 Å². The molecular weight excluding hydrogens is 272 g/mol. The summed E-state index contributed by atoms with van der Waals surface area (Å²) in [5.74, 6) is -1.46. The molecule has 2 aromatic rings. The number of hydrogen-bond acceptors (Lipinski definition) is 2. The van der Waals surface area contributed by atoms with Crippen molar-refractivity contribution in [3.8, 4) is 6.07 Å². The smallest absolute Gasteiger partial charge is 0.247 e. The van der Waals surface area contributed by atoms with E-state index >= 15 is 0 Å². The topological polar surface area (TPSA) is 36.7 Å². The summed E-state index contributed by atoms with van der Waals surface area (Å²) >= 11 is 0. The van der Waals surface area contributed by atoms with Gasteiger partial charge in [-0.3, -0.25) is 0 Å². The van der Waals surface area contributed by atoms with E-state index in [2.05, 4.69) is 4.98 Å². The summed E-state index contributed by atoms with van der Waals surface area (Å²) in [5, 5.41) is 9.13. The highest BCUT2D eigenvalue weighted by Gasteiger charge is 2.33. The number of alkyl halides is 3. The summed E-state index contributed by atoms with van der Waals surface area (Å²) in [4.78, 5) is 3.47. The molecule has 2 rings (SSSR count). The molecule has 1 aromatic heterocycles. The first-order valence-electron chi connectivity index (χ1n) is 5.61. The molecule has 1 atom stereocenters. The van der Waals surface area contributed by atoms with Crippen LogP contribution in [0.5, 0.6) is 0 Å². The second kappa shape index (κ2) is 5.29. The second-order valence-corrected chi connectivity index (χ2v) is 4.06. The fraction of sp³-hybridized carbons (Fsp3) is 0.143. The van der Waals surface area contributed by atoms with Gasteiger partial charge in [0.25, 0.3) is 0 Å². The summed E-state index contributed by atoms with van der Waals surface area (Å²) < 4.78 is 50.6. The first-order valence-corrected chi connectivity index (χ1v) is 5.61. The van der Waals surface area contributed by atoms with E-state index in [0.717, 1.165) is 18.2 Å². The number of nitrogens with zero attached hydrogens (tertiary/aromatic N) is 2. The van der Waals surface area contributed by atoms with Gasteiger partial charge in [-0.05, 0) is 29.8 Å². The Labute approximate surface area is 112 Å². The third-order valence-electron chi connectivity index (χ3n) is 2.69. The molecule has 0 radical (unpaired) electrons. The quantitative estimate of drug-likeness (QED) is 0.782. The number of pyridine rings is 1. The third-order valence-corrected chi connectivity index (χ3v) is 2.69. The van der Waals surface area contributed by atoms with Gasteiger partial charge < -0.3 is 0 Å². The van der Waals surface area contributed by atoms with Crippen LogP contribution in [0.1, 0.15) is 22.9 Å². The maximum absolute atomic E-state index is 12.8. The highest BCUT2D eigenvalue weighted by atomic mass is 19.4. The molecule has 0 saturated carbocycles. The molecule has 6 heteroatoms. The van der Waals surface area contributed by atoms with Crippen molar-refractivity contribution >= 4 is 0 Å². The van der Waals surface area contributed by atoms with Crippen molar-refractivity contribution in [1.82, 2.24) is 4.98 Å². The standard InChI is InChI=1S/C14H8F4N2/c15-10-6-4-9(5-7-10)11(8-19)12-2-1-3-13(20-12)14(16,17)18/h1-7,11H/t11-/m0/s1. The molecule has 0 fully saturated rings. The van der Waals surface area contributed by atoms with Gasteiger partial charge in [0.15, 0.2) is 0 Å². The fourth-order valence-corrected chi connectivity index (χ4v) is 1.74. The normalized spacial score (nSPS) is 12.8. The van der Waals surface area contributed by atoms with Crippen LogP contribution in [0.4, 0.5) is 17.6 Å². The Bertz CT molecular complexity index is 641. The van der Waals surface area contributed by atoms with E-state index in [1.54, 1.807) is 0 Å². The van der Waals surface area contributed by atoms with Gasteiger partial charge in [-0.15, -0.1) is 0 Å². The van der Waals surface area contributed by atoms with Crippen LogP contribution < -0.4 is 0 Å². The lowest BCUT2D eigenvalue weighted by Crippen LogP contribution is -2.11. The molecule has 1 heterocycles. The van der Waals surface area contributed by atoms with Crippen LogP contribution in [0.15, 0.2) is 42.5 Å². The van der Waals surface area contributed by atoms with Crippen molar-refractivity contribution in [2.45, 2.75) is 12.1 Å². The van der Waals surface area contributed by atoms with E-state index in [1.165, 1.54) is 24.3 Å². The summed E-state index contributed by atoms with van der Waals surface area (Å²) in [7, 11) is 0. The molecule has 0 N–H and O–H groups in total. The van der Waals surface area contributed by atoms with Crippen molar-refractivity contribution in [3.05, 3.63) is 65.2 Å². The van der Waals surface area contributed by atoms with Gasteiger partial charge in [0.1, 0.15) is 17.4 Å². The Morgan fingerprint density at radius 3 is 2.25 bits per heavy atom. The van der Waals surface area contributed by atoms with Gasteiger partial charge in [0.05, 0.1) is 11.8 Å². The predicted octanol–water partition coefficient (Wildman–Crippen LogP) is 3.89. The molecule has 0 unspecified atom stereocenters.